The van der Waals surface area contributed by atoms with Crippen LogP contribution >= 0.6 is 0 Å². The Kier molecular flexibility index (Phi) is 4.62. The smallest absolute Gasteiger partial charge is 0.227 e. The van der Waals surface area contributed by atoms with Gasteiger partial charge in [-0.25, -0.2) is 0 Å². The van der Waals surface area contributed by atoms with E-state index in [4.69, 9.17) is 4.52 Å². The average molecular weight is 286 g/mol. The number of rotatable bonds is 5. The van der Waals surface area contributed by atoms with Crippen molar-refractivity contribution >= 4 is 0 Å². The lowest BCUT2D eigenvalue weighted by atomic mass is 10.1. The zero-order valence-electron chi connectivity index (χ0n) is 12.5. The third-order valence-corrected chi connectivity index (χ3v) is 3.79. The highest BCUT2D eigenvalue weighted by molar-refractivity contribution is 5.22. The van der Waals surface area contributed by atoms with Gasteiger partial charge in [0.2, 0.25) is 5.89 Å². The molecule has 3 rings (SSSR count). The van der Waals surface area contributed by atoms with E-state index in [1.165, 1.54) is 11.1 Å². The van der Waals surface area contributed by atoms with Gasteiger partial charge in [-0.2, -0.15) is 4.98 Å². The van der Waals surface area contributed by atoms with Crippen molar-refractivity contribution in [1.82, 2.24) is 20.4 Å². The quantitative estimate of drug-likeness (QED) is 0.904. The SMILES string of the molecule is Cc1cccc(CCc2nc(CN3CCNCC3)no2)c1. The highest BCUT2D eigenvalue weighted by Crippen LogP contribution is 2.09. The lowest BCUT2D eigenvalue weighted by Crippen LogP contribution is -2.43. The molecule has 0 unspecified atom stereocenters. The van der Waals surface area contributed by atoms with Gasteiger partial charge in [0.1, 0.15) is 0 Å². The van der Waals surface area contributed by atoms with Crippen molar-refractivity contribution in [3.8, 4) is 0 Å². The molecule has 1 aliphatic heterocycles. The van der Waals surface area contributed by atoms with Gasteiger partial charge in [0, 0.05) is 32.6 Å². The predicted molar refractivity (Wildman–Crippen MR) is 81.0 cm³/mol. The lowest BCUT2D eigenvalue weighted by molar-refractivity contribution is 0.224. The van der Waals surface area contributed by atoms with Crippen LogP contribution in [0.1, 0.15) is 22.8 Å². The minimum atomic E-state index is 0.738. The Bertz CT molecular complexity index is 575. The van der Waals surface area contributed by atoms with Crippen LogP contribution in [0, 0.1) is 6.92 Å². The van der Waals surface area contributed by atoms with Crippen LogP contribution in [0.4, 0.5) is 0 Å². The molecule has 2 aromatic rings. The Morgan fingerprint density at radius 2 is 2.10 bits per heavy atom. The van der Waals surface area contributed by atoms with E-state index in [1.807, 2.05) is 0 Å². The highest BCUT2D eigenvalue weighted by Gasteiger charge is 2.14. The van der Waals surface area contributed by atoms with Crippen LogP contribution in [0.15, 0.2) is 28.8 Å². The summed E-state index contributed by atoms with van der Waals surface area (Å²) in [6, 6.07) is 8.55. The van der Waals surface area contributed by atoms with Crippen LogP contribution in [0.25, 0.3) is 0 Å². The fraction of sp³-hybridized carbons (Fsp3) is 0.500. The second kappa shape index (κ2) is 6.83. The zero-order chi connectivity index (χ0) is 14.5. The van der Waals surface area contributed by atoms with Crippen molar-refractivity contribution in [2.45, 2.75) is 26.3 Å². The molecule has 0 radical (unpaired) electrons. The summed E-state index contributed by atoms with van der Waals surface area (Å²) in [5.41, 5.74) is 2.61. The third-order valence-electron chi connectivity index (χ3n) is 3.79. The summed E-state index contributed by atoms with van der Waals surface area (Å²) in [4.78, 5) is 6.85. The van der Waals surface area contributed by atoms with Crippen LogP contribution < -0.4 is 5.32 Å². The summed E-state index contributed by atoms with van der Waals surface area (Å²) in [5.74, 6) is 1.54. The third kappa shape index (κ3) is 4.12. The first-order chi connectivity index (χ1) is 10.3. The molecule has 112 valence electrons. The van der Waals surface area contributed by atoms with Crippen molar-refractivity contribution in [3.63, 3.8) is 0 Å². The molecule has 1 fully saturated rings. The van der Waals surface area contributed by atoms with E-state index < -0.39 is 0 Å². The maximum atomic E-state index is 5.35. The number of aryl methyl sites for hydroxylation is 3. The van der Waals surface area contributed by atoms with E-state index in [1.54, 1.807) is 0 Å². The van der Waals surface area contributed by atoms with E-state index in [-0.39, 0.29) is 0 Å². The number of nitrogens with zero attached hydrogens (tertiary/aromatic N) is 3. The summed E-state index contributed by atoms with van der Waals surface area (Å²) in [6.45, 7) is 7.08. The minimum absolute atomic E-state index is 0.738. The molecule has 1 aromatic carbocycles. The Labute approximate surface area is 125 Å². The number of hydrogen-bond acceptors (Lipinski definition) is 5. The van der Waals surface area contributed by atoms with Gasteiger partial charge in [0.05, 0.1) is 6.54 Å². The van der Waals surface area contributed by atoms with Crippen molar-refractivity contribution in [3.05, 3.63) is 47.1 Å². The number of hydrogen-bond donors (Lipinski definition) is 1. The molecule has 0 aliphatic carbocycles. The van der Waals surface area contributed by atoms with Gasteiger partial charge in [0.25, 0.3) is 0 Å². The van der Waals surface area contributed by atoms with E-state index >= 15 is 0 Å². The second-order valence-electron chi connectivity index (χ2n) is 5.62. The molecule has 0 saturated carbocycles. The molecule has 0 atom stereocenters. The van der Waals surface area contributed by atoms with Gasteiger partial charge in [-0.15, -0.1) is 0 Å². The largest absolute Gasteiger partial charge is 0.339 e. The summed E-state index contributed by atoms with van der Waals surface area (Å²) in [6.07, 6.45) is 1.74. The van der Waals surface area contributed by atoms with Crippen molar-refractivity contribution in [2.75, 3.05) is 26.2 Å². The molecule has 0 bridgehead atoms. The summed E-state index contributed by atoms with van der Waals surface area (Å²) in [5, 5.41) is 7.43. The summed E-state index contributed by atoms with van der Waals surface area (Å²) in [7, 11) is 0. The number of benzene rings is 1. The fourth-order valence-corrected chi connectivity index (χ4v) is 2.64. The maximum absolute atomic E-state index is 5.35. The Morgan fingerprint density at radius 1 is 1.24 bits per heavy atom. The first kappa shape index (κ1) is 14.2. The van der Waals surface area contributed by atoms with E-state index in [9.17, 15) is 0 Å². The average Bonchev–Trinajstić information content (AvgIpc) is 2.94. The van der Waals surface area contributed by atoms with Crippen LogP contribution in [-0.4, -0.2) is 41.2 Å². The molecule has 2 heterocycles. The fourth-order valence-electron chi connectivity index (χ4n) is 2.64. The van der Waals surface area contributed by atoms with Crippen molar-refractivity contribution in [1.29, 1.82) is 0 Å². The topological polar surface area (TPSA) is 54.2 Å². The molecule has 1 aromatic heterocycles. The van der Waals surface area contributed by atoms with E-state index in [2.05, 4.69) is 51.5 Å². The standard InChI is InChI=1S/C16H22N4O/c1-13-3-2-4-14(11-13)5-6-16-18-15(19-21-16)12-20-9-7-17-8-10-20/h2-4,11,17H,5-10,12H2,1H3. The normalized spacial score (nSPS) is 16.2. The predicted octanol–water partition coefficient (Wildman–Crippen LogP) is 1.57. The molecule has 1 aliphatic rings. The Hall–Kier alpha value is -1.72. The molecular formula is C16H22N4O. The number of piperazine rings is 1. The maximum Gasteiger partial charge on any atom is 0.227 e. The van der Waals surface area contributed by atoms with Gasteiger partial charge in [-0.3, -0.25) is 4.90 Å². The monoisotopic (exact) mass is 286 g/mol. The van der Waals surface area contributed by atoms with E-state index in [0.29, 0.717) is 0 Å². The van der Waals surface area contributed by atoms with Crippen LogP contribution in [-0.2, 0) is 19.4 Å². The van der Waals surface area contributed by atoms with Gasteiger partial charge >= 0.3 is 0 Å². The van der Waals surface area contributed by atoms with Gasteiger partial charge in [0.15, 0.2) is 5.82 Å². The highest BCUT2D eigenvalue weighted by atomic mass is 16.5. The van der Waals surface area contributed by atoms with Gasteiger partial charge in [-0.05, 0) is 18.9 Å². The second-order valence-corrected chi connectivity index (χ2v) is 5.62. The van der Waals surface area contributed by atoms with Crippen LogP contribution in [0.5, 0.6) is 0 Å². The molecule has 5 heteroatoms. The minimum Gasteiger partial charge on any atom is -0.339 e. The molecule has 5 nitrogen and oxygen atoms in total. The molecule has 0 amide bonds. The first-order valence-corrected chi connectivity index (χ1v) is 7.60. The number of nitrogens with one attached hydrogen (secondary N) is 1. The van der Waals surface area contributed by atoms with Crippen LogP contribution in [0.3, 0.4) is 0 Å². The van der Waals surface area contributed by atoms with Crippen molar-refractivity contribution in [2.24, 2.45) is 0 Å². The lowest BCUT2D eigenvalue weighted by Gasteiger charge is -2.25. The van der Waals surface area contributed by atoms with Crippen molar-refractivity contribution < 1.29 is 4.52 Å². The molecular weight excluding hydrogens is 264 g/mol. The zero-order valence-corrected chi connectivity index (χ0v) is 12.5. The Morgan fingerprint density at radius 3 is 2.90 bits per heavy atom. The summed E-state index contributed by atoms with van der Waals surface area (Å²) >= 11 is 0. The summed E-state index contributed by atoms with van der Waals surface area (Å²) < 4.78 is 5.35. The van der Waals surface area contributed by atoms with Gasteiger partial charge < -0.3 is 9.84 Å². The molecule has 0 spiro atoms. The van der Waals surface area contributed by atoms with Crippen LogP contribution in [0.2, 0.25) is 0 Å². The molecule has 1 saturated heterocycles. The van der Waals surface area contributed by atoms with Gasteiger partial charge in [-0.1, -0.05) is 35.0 Å². The molecule has 21 heavy (non-hydrogen) atoms. The number of aromatic nitrogens is 2. The molecule has 1 N–H and O–H groups in total. The van der Waals surface area contributed by atoms with E-state index in [0.717, 1.165) is 57.3 Å². The first-order valence-electron chi connectivity index (χ1n) is 7.60. The Balaban J connectivity index is 1.52.